The lowest BCUT2D eigenvalue weighted by Crippen LogP contribution is -1.98. The Balaban J connectivity index is 1.22. The molecule has 10 aromatic rings. The molecule has 0 spiro atoms. The number of para-hydroxylation sites is 2. The Morgan fingerprint density at radius 1 is 0.385 bits per heavy atom. The smallest absolute Gasteiger partial charge is 0.160 e. The molecule has 5 nitrogen and oxygen atoms in total. The largest absolute Gasteiger partial charge is 0.456 e. The van der Waals surface area contributed by atoms with Crippen LogP contribution in [-0.4, -0.2) is 9.97 Å². The van der Waals surface area contributed by atoms with Crippen LogP contribution in [0.15, 0.2) is 173 Å². The third-order valence-corrected chi connectivity index (χ3v) is 9.73. The highest BCUT2D eigenvalue weighted by Crippen LogP contribution is 2.39. The van der Waals surface area contributed by atoms with Gasteiger partial charge in [0.15, 0.2) is 5.82 Å². The molecule has 0 unspecified atom stereocenters. The van der Waals surface area contributed by atoms with E-state index in [-0.39, 0.29) is 0 Å². The second-order valence-corrected chi connectivity index (χ2v) is 12.9. The zero-order chi connectivity index (χ0) is 34.6. The zero-order valence-electron chi connectivity index (χ0n) is 27.7. The molecule has 3 heterocycles. The average molecular weight is 666 g/mol. The number of hydrogen-bond acceptors (Lipinski definition) is 5. The number of nitriles is 1. The average Bonchev–Trinajstić information content (AvgIpc) is 3.78. The summed E-state index contributed by atoms with van der Waals surface area (Å²) in [5.41, 5.74) is 12.1. The van der Waals surface area contributed by atoms with Gasteiger partial charge >= 0.3 is 0 Å². The number of hydrogen-bond donors (Lipinski definition) is 0. The Kier molecular flexibility index (Phi) is 6.80. The topological polar surface area (TPSA) is 75.8 Å². The van der Waals surface area contributed by atoms with Crippen molar-refractivity contribution in [2.45, 2.75) is 0 Å². The molecule has 242 valence electrons. The van der Waals surface area contributed by atoms with Crippen LogP contribution in [0, 0.1) is 11.3 Å². The fraction of sp³-hybridized carbons (Fsp3) is 0. The van der Waals surface area contributed by atoms with Crippen molar-refractivity contribution in [2.24, 2.45) is 0 Å². The van der Waals surface area contributed by atoms with Crippen molar-refractivity contribution in [1.82, 2.24) is 9.97 Å². The van der Waals surface area contributed by atoms with Crippen LogP contribution < -0.4 is 0 Å². The molecule has 0 saturated heterocycles. The summed E-state index contributed by atoms with van der Waals surface area (Å²) in [6, 6.07) is 57.5. The molecular formula is C47H27N3O2. The van der Waals surface area contributed by atoms with Crippen molar-refractivity contribution in [2.75, 3.05) is 0 Å². The number of aromatic nitrogens is 2. The maximum absolute atomic E-state index is 10.0. The molecule has 0 radical (unpaired) electrons. The van der Waals surface area contributed by atoms with E-state index >= 15 is 0 Å². The molecule has 7 aromatic carbocycles. The highest BCUT2D eigenvalue weighted by atomic mass is 16.3. The standard InChI is InChI=1S/C47H27N3O2/c48-28-32-12-4-5-13-36(32)42-27-41(29-10-2-1-3-11-29)49-47(50-42)35-23-33(30-18-20-45-39(25-30)37-14-6-8-16-43(37)51-45)22-34(24-35)31-19-21-46-40(26-31)38-15-7-9-17-44(38)52-46/h1-27H. The molecule has 0 bridgehead atoms. The van der Waals surface area contributed by atoms with Gasteiger partial charge in [-0.2, -0.15) is 5.26 Å². The summed E-state index contributed by atoms with van der Waals surface area (Å²) in [6.45, 7) is 0. The van der Waals surface area contributed by atoms with E-state index in [1.54, 1.807) is 0 Å². The molecule has 5 heteroatoms. The lowest BCUT2D eigenvalue weighted by molar-refractivity contribution is 0.668. The second kappa shape index (κ2) is 11.9. The fourth-order valence-corrected chi connectivity index (χ4v) is 7.18. The van der Waals surface area contributed by atoms with Crippen LogP contribution in [0.2, 0.25) is 0 Å². The highest BCUT2D eigenvalue weighted by Gasteiger charge is 2.17. The van der Waals surface area contributed by atoms with Crippen molar-refractivity contribution in [1.29, 1.82) is 5.26 Å². The Hall–Kier alpha value is -7.29. The quantitative estimate of drug-likeness (QED) is 0.183. The van der Waals surface area contributed by atoms with Gasteiger partial charge in [-0.05, 0) is 89.0 Å². The van der Waals surface area contributed by atoms with Gasteiger partial charge in [0.05, 0.1) is 23.0 Å². The predicted octanol–water partition coefficient (Wildman–Crippen LogP) is 12.5. The molecule has 0 amide bonds. The van der Waals surface area contributed by atoms with E-state index in [9.17, 15) is 5.26 Å². The monoisotopic (exact) mass is 665 g/mol. The first-order valence-corrected chi connectivity index (χ1v) is 17.1. The summed E-state index contributed by atoms with van der Waals surface area (Å²) >= 11 is 0. The summed E-state index contributed by atoms with van der Waals surface area (Å²) in [5.74, 6) is 0.567. The van der Waals surface area contributed by atoms with Crippen LogP contribution in [-0.2, 0) is 0 Å². The first-order chi connectivity index (χ1) is 25.7. The molecule has 0 aliphatic rings. The lowest BCUT2D eigenvalue weighted by Gasteiger charge is -2.13. The van der Waals surface area contributed by atoms with Crippen molar-refractivity contribution >= 4 is 43.9 Å². The van der Waals surface area contributed by atoms with Crippen LogP contribution in [0.4, 0.5) is 0 Å². The van der Waals surface area contributed by atoms with Gasteiger partial charge < -0.3 is 8.83 Å². The van der Waals surface area contributed by atoms with Gasteiger partial charge in [0.1, 0.15) is 22.3 Å². The first-order valence-electron chi connectivity index (χ1n) is 17.1. The predicted molar refractivity (Wildman–Crippen MR) is 208 cm³/mol. The third kappa shape index (κ3) is 5.02. The molecule has 0 aliphatic heterocycles. The summed E-state index contributed by atoms with van der Waals surface area (Å²) in [6.07, 6.45) is 0. The van der Waals surface area contributed by atoms with Crippen molar-refractivity contribution in [3.63, 3.8) is 0 Å². The molecule has 0 aliphatic carbocycles. The number of rotatable bonds is 5. The van der Waals surface area contributed by atoms with E-state index in [0.717, 1.165) is 88.5 Å². The highest BCUT2D eigenvalue weighted by molar-refractivity contribution is 6.07. The molecule has 52 heavy (non-hydrogen) atoms. The molecule has 0 saturated carbocycles. The summed E-state index contributed by atoms with van der Waals surface area (Å²) in [7, 11) is 0. The number of nitrogens with zero attached hydrogens (tertiary/aromatic N) is 3. The van der Waals surface area contributed by atoms with E-state index < -0.39 is 0 Å². The van der Waals surface area contributed by atoms with E-state index in [0.29, 0.717) is 17.1 Å². The number of furan rings is 2. The minimum atomic E-state index is 0.557. The van der Waals surface area contributed by atoms with Gasteiger partial charge in [0.2, 0.25) is 0 Å². The Labute approximate surface area is 298 Å². The molecule has 0 N–H and O–H groups in total. The van der Waals surface area contributed by atoms with Gasteiger partial charge in [0.25, 0.3) is 0 Å². The van der Waals surface area contributed by atoms with Gasteiger partial charge in [-0.25, -0.2) is 9.97 Å². The van der Waals surface area contributed by atoms with Gasteiger partial charge in [-0.1, -0.05) is 97.1 Å². The molecular weight excluding hydrogens is 639 g/mol. The van der Waals surface area contributed by atoms with E-state index in [4.69, 9.17) is 18.8 Å². The van der Waals surface area contributed by atoms with E-state index in [1.807, 2.05) is 109 Å². The summed E-state index contributed by atoms with van der Waals surface area (Å²) in [4.78, 5) is 10.3. The Bertz CT molecular complexity index is 2910. The Morgan fingerprint density at radius 3 is 1.54 bits per heavy atom. The summed E-state index contributed by atoms with van der Waals surface area (Å²) in [5, 5.41) is 14.3. The minimum absolute atomic E-state index is 0.557. The third-order valence-electron chi connectivity index (χ3n) is 9.73. The minimum Gasteiger partial charge on any atom is -0.456 e. The normalized spacial score (nSPS) is 11.4. The van der Waals surface area contributed by atoms with Crippen molar-refractivity contribution < 1.29 is 8.83 Å². The summed E-state index contributed by atoms with van der Waals surface area (Å²) < 4.78 is 12.4. The van der Waals surface area contributed by atoms with Crippen LogP contribution >= 0.6 is 0 Å². The van der Waals surface area contributed by atoms with Crippen LogP contribution in [0.5, 0.6) is 0 Å². The van der Waals surface area contributed by atoms with Gasteiger partial charge in [-0.3, -0.25) is 0 Å². The zero-order valence-corrected chi connectivity index (χ0v) is 27.7. The van der Waals surface area contributed by atoms with Crippen molar-refractivity contribution in [3.05, 3.63) is 169 Å². The first kappa shape index (κ1) is 29.6. The van der Waals surface area contributed by atoms with E-state index in [2.05, 4.69) is 60.7 Å². The number of benzene rings is 7. The number of fused-ring (bicyclic) bond motifs is 6. The molecule has 3 aromatic heterocycles. The van der Waals surface area contributed by atoms with Crippen LogP contribution in [0.1, 0.15) is 5.56 Å². The SMILES string of the molecule is N#Cc1ccccc1-c1cc(-c2ccccc2)nc(-c2cc(-c3ccc4oc5ccccc5c4c3)cc(-c3ccc4oc5ccccc5c4c3)c2)n1. The maximum Gasteiger partial charge on any atom is 0.160 e. The van der Waals surface area contributed by atoms with Gasteiger partial charge in [-0.15, -0.1) is 0 Å². The molecule has 0 atom stereocenters. The van der Waals surface area contributed by atoms with Gasteiger partial charge in [0, 0.05) is 38.2 Å². The Morgan fingerprint density at radius 2 is 0.904 bits per heavy atom. The van der Waals surface area contributed by atoms with Crippen LogP contribution in [0.3, 0.4) is 0 Å². The lowest BCUT2D eigenvalue weighted by atomic mass is 9.94. The second-order valence-electron chi connectivity index (χ2n) is 12.9. The maximum atomic E-state index is 10.0. The molecule has 10 rings (SSSR count). The fourth-order valence-electron chi connectivity index (χ4n) is 7.18. The van der Waals surface area contributed by atoms with E-state index in [1.165, 1.54) is 0 Å². The van der Waals surface area contributed by atoms with Crippen molar-refractivity contribution in [3.8, 4) is 62.2 Å². The molecule has 0 fully saturated rings. The van der Waals surface area contributed by atoms with Crippen LogP contribution in [0.25, 0.3) is 100 Å².